The summed E-state index contributed by atoms with van der Waals surface area (Å²) < 4.78 is 4.71. The van der Waals surface area contributed by atoms with Crippen molar-refractivity contribution in [2.24, 2.45) is 5.41 Å². The lowest BCUT2D eigenvalue weighted by molar-refractivity contribution is -0.142. The maximum atomic E-state index is 11.4. The zero-order valence-corrected chi connectivity index (χ0v) is 8.49. The molecule has 1 atom stereocenters. The number of hydrogen-bond acceptors (Lipinski definition) is 3. The van der Waals surface area contributed by atoms with Gasteiger partial charge in [0.05, 0.1) is 7.11 Å². The summed E-state index contributed by atoms with van der Waals surface area (Å²) in [7, 11) is 1.40. The van der Waals surface area contributed by atoms with Gasteiger partial charge in [0.2, 0.25) is 0 Å². The first-order valence-corrected chi connectivity index (χ1v) is 5.00. The highest BCUT2D eigenvalue weighted by molar-refractivity contribution is 6.37. The lowest BCUT2D eigenvalue weighted by atomic mass is 9.92. The number of halogens is 1. The van der Waals surface area contributed by atoms with Gasteiger partial charge in [0.1, 0.15) is 4.87 Å². The fraction of sp³-hybridized carbons (Fsp3) is 0.889. The summed E-state index contributed by atoms with van der Waals surface area (Å²) >= 11 is 6.23. The Balaban J connectivity index is 2.09. The van der Waals surface area contributed by atoms with Crippen LogP contribution in [0.25, 0.3) is 0 Å². The molecule has 1 saturated carbocycles. The normalized spacial score (nSPS) is 35.8. The van der Waals surface area contributed by atoms with Gasteiger partial charge < -0.3 is 10.1 Å². The second kappa shape index (κ2) is 2.85. The Kier molecular flexibility index (Phi) is 2.04. The first-order chi connectivity index (χ1) is 6.15. The second-order valence-corrected chi connectivity index (χ2v) is 4.65. The fourth-order valence-corrected chi connectivity index (χ4v) is 2.87. The van der Waals surface area contributed by atoms with Crippen LogP contribution < -0.4 is 5.32 Å². The Morgan fingerprint density at radius 3 is 2.62 bits per heavy atom. The molecule has 2 fully saturated rings. The van der Waals surface area contributed by atoms with Gasteiger partial charge in [-0.1, -0.05) is 0 Å². The van der Waals surface area contributed by atoms with E-state index in [-0.39, 0.29) is 11.4 Å². The van der Waals surface area contributed by atoms with E-state index in [4.69, 9.17) is 16.3 Å². The topological polar surface area (TPSA) is 38.3 Å². The number of nitrogens with one attached hydrogen (secondary N) is 1. The zero-order chi connectivity index (χ0) is 9.53. The molecule has 0 amide bonds. The van der Waals surface area contributed by atoms with Crippen molar-refractivity contribution in [3.8, 4) is 0 Å². The molecule has 0 aromatic rings. The van der Waals surface area contributed by atoms with Gasteiger partial charge in [-0.25, -0.2) is 0 Å². The second-order valence-electron chi connectivity index (χ2n) is 4.00. The number of esters is 1. The molecule has 0 bridgehead atoms. The fourth-order valence-electron chi connectivity index (χ4n) is 2.35. The van der Waals surface area contributed by atoms with E-state index in [0.29, 0.717) is 0 Å². The summed E-state index contributed by atoms with van der Waals surface area (Å²) in [5, 5.41) is 3.26. The third-order valence-electron chi connectivity index (χ3n) is 3.37. The van der Waals surface area contributed by atoms with Crippen molar-refractivity contribution >= 4 is 17.6 Å². The number of rotatable bonds is 1. The molecule has 13 heavy (non-hydrogen) atoms. The molecule has 2 aliphatic rings. The van der Waals surface area contributed by atoms with Crippen LogP contribution in [0.1, 0.15) is 19.3 Å². The molecule has 1 saturated heterocycles. The molecule has 0 aromatic heterocycles. The monoisotopic (exact) mass is 203 g/mol. The first kappa shape index (κ1) is 9.28. The Bertz CT molecular complexity index is 238. The third kappa shape index (κ3) is 1.17. The van der Waals surface area contributed by atoms with Gasteiger partial charge in [-0.3, -0.25) is 4.79 Å². The van der Waals surface area contributed by atoms with E-state index in [1.165, 1.54) is 7.11 Å². The maximum absolute atomic E-state index is 11.4. The van der Waals surface area contributed by atoms with Gasteiger partial charge in [-0.2, -0.15) is 0 Å². The Morgan fingerprint density at radius 2 is 2.08 bits per heavy atom. The van der Waals surface area contributed by atoms with Crippen LogP contribution in [0.3, 0.4) is 0 Å². The molecule has 1 aliphatic heterocycles. The summed E-state index contributed by atoms with van der Waals surface area (Å²) in [6, 6.07) is 0. The van der Waals surface area contributed by atoms with Gasteiger partial charge in [0, 0.05) is 5.41 Å². The number of alkyl halides is 1. The number of methoxy groups -OCH3 is 1. The molecule has 0 aromatic carbocycles. The molecule has 1 aliphatic carbocycles. The molecule has 1 spiro atoms. The van der Waals surface area contributed by atoms with E-state index in [9.17, 15) is 4.79 Å². The van der Waals surface area contributed by atoms with Gasteiger partial charge in [0.15, 0.2) is 0 Å². The van der Waals surface area contributed by atoms with Crippen LogP contribution in [0.15, 0.2) is 0 Å². The number of carbonyl (C=O) groups excluding carboxylic acids is 1. The summed E-state index contributed by atoms with van der Waals surface area (Å²) in [5.41, 5.74) is 0.0346. The van der Waals surface area contributed by atoms with Crippen molar-refractivity contribution in [1.29, 1.82) is 0 Å². The van der Waals surface area contributed by atoms with Crippen molar-refractivity contribution in [2.45, 2.75) is 24.1 Å². The molecular formula is C9H14ClNO2. The highest BCUT2D eigenvalue weighted by Crippen LogP contribution is 2.66. The van der Waals surface area contributed by atoms with Gasteiger partial charge >= 0.3 is 5.97 Å². The molecule has 3 nitrogen and oxygen atoms in total. The van der Waals surface area contributed by atoms with E-state index >= 15 is 0 Å². The van der Waals surface area contributed by atoms with Crippen LogP contribution in [0.4, 0.5) is 0 Å². The lowest BCUT2D eigenvalue weighted by Gasteiger charge is -2.25. The number of piperidine rings is 1. The predicted octanol–water partition coefficient (Wildman–Crippen LogP) is 0.910. The van der Waals surface area contributed by atoms with Crippen LogP contribution >= 0.6 is 11.6 Å². The van der Waals surface area contributed by atoms with Gasteiger partial charge in [-0.05, 0) is 32.4 Å². The predicted molar refractivity (Wildman–Crippen MR) is 49.8 cm³/mol. The average molecular weight is 204 g/mol. The van der Waals surface area contributed by atoms with Gasteiger partial charge in [0.25, 0.3) is 0 Å². The summed E-state index contributed by atoms with van der Waals surface area (Å²) in [5.74, 6) is -0.254. The van der Waals surface area contributed by atoms with Crippen LogP contribution in [0.2, 0.25) is 0 Å². The number of hydrogen-bond donors (Lipinski definition) is 1. The SMILES string of the molecule is COC(=O)C1(Cl)CC12CCNCC2. The molecule has 2 rings (SSSR count). The average Bonchev–Trinajstić information content (AvgIpc) is 2.72. The Hall–Kier alpha value is -0.280. The quantitative estimate of drug-likeness (QED) is 0.509. The molecule has 74 valence electrons. The molecule has 1 heterocycles. The lowest BCUT2D eigenvalue weighted by Crippen LogP contribution is -2.35. The van der Waals surface area contributed by atoms with Crippen LogP contribution in [0, 0.1) is 5.41 Å². The van der Waals surface area contributed by atoms with Gasteiger partial charge in [-0.15, -0.1) is 11.6 Å². The minimum absolute atomic E-state index is 0.0346. The standard InChI is InChI=1S/C9H14ClNO2/c1-13-7(12)9(10)6-8(9)2-4-11-5-3-8/h11H,2-6H2,1H3. The number of carbonyl (C=O) groups is 1. The minimum Gasteiger partial charge on any atom is -0.468 e. The highest BCUT2D eigenvalue weighted by Gasteiger charge is 2.71. The summed E-state index contributed by atoms with van der Waals surface area (Å²) in [4.78, 5) is 10.7. The number of ether oxygens (including phenoxy) is 1. The van der Waals surface area contributed by atoms with Crippen molar-refractivity contribution in [3.05, 3.63) is 0 Å². The van der Waals surface area contributed by atoms with E-state index in [1.54, 1.807) is 0 Å². The van der Waals surface area contributed by atoms with Crippen molar-refractivity contribution < 1.29 is 9.53 Å². The molecule has 4 heteroatoms. The minimum atomic E-state index is -0.705. The van der Waals surface area contributed by atoms with E-state index < -0.39 is 4.87 Å². The van der Waals surface area contributed by atoms with Crippen molar-refractivity contribution in [2.75, 3.05) is 20.2 Å². The molecule has 0 radical (unpaired) electrons. The maximum Gasteiger partial charge on any atom is 0.327 e. The van der Waals surface area contributed by atoms with Crippen molar-refractivity contribution in [1.82, 2.24) is 5.32 Å². The molecule has 1 unspecified atom stereocenters. The van der Waals surface area contributed by atoms with Crippen LogP contribution in [-0.4, -0.2) is 31.0 Å². The Morgan fingerprint density at radius 1 is 1.46 bits per heavy atom. The smallest absolute Gasteiger partial charge is 0.327 e. The molecule has 1 N–H and O–H groups in total. The van der Waals surface area contributed by atoms with Crippen LogP contribution in [-0.2, 0) is 9.53 Å². The highest BCUT2D eigenvalue weighted by atomic mass is 35.5. The van der Waals surface area contributed by atoms with Crippen molar-refractivity contribution in [3.63, 3.8) is 0 Å². The summed E-state index contributed by atoms with van der Waals surface area (Å²) in [6.45, 7) is 1.93. The van der Waals surface area contributed by atoms with E-state index in [2.05, 4.69) is 5.32 Å². The summed E-state index contributed by atoms with van der Waals surface area (Å²) in [6.07, 6.45) is 2.77. The largest absolute Gasteiger partial charge is 0.468 e. The molecular weight excluding hydrogens is 190 g/mol. The van der Waals surface area contributed by atoms with Crippen LogP contribution in [0.5, 0.6) is 0 Å². The first-order valence-electron chi connectivity index (χ1n) is 4.63. The van der Waals surface area contributed by atoms with E-state index in [0.717, 1.165) is 32.4 Å². The van der Waals surface area contributed by atoms with E-state index in [1.807, 2.05) is 0 Å². The zero-order valence-electron chi connectivity index (χ0n) is 7.73. The third-order valence-corrected chi connectivity index (χ3v) is 4.06. The Labute approximate surface area is 82.8 Å².